The van der Waals surface area contributed by atoms with Crippen molar-refractivity contribution >= 4 is 29.3 Å². The van der Waals surface area contributed by atoms with E-state index in [9.17, 15) is 9.59 Å². The van der Waals surface area contributed by atoms with Gasteiger partial charge >= 0.3 is 6.09 Å². The van der Waals surface area contributed by atoms with Crippen LogP contribution in [0.2, 0.25) is 5.02 Å². The van der Waals surface area contributed by atoms with Crippen molar-refractivity contribution in [2.75, 3.05) is 32.6 Å². The molecule has 9 nitrogen and oxygen atoms in total. The Morgan fingerprint density at radius 3 is 2.31 bits per heavy atom. The van der Waals surface area contributed by atoms with Crippen molar-refractivity contribution < 1.29 is 23.8 Å². The zero-order valence-corrected chi connectivity index (χ0v) is 24.0. The average Bonchev–Trinajstić information content (AvgIpc) is 3.35. The van der Waals surface area contributed by atoms with Gasteiger partial charge in [-0.05, 0) is 76.4 Å². The topological polar surface area (TPSA) is 94.9 Å². The molecule has 1 aliphatic rings. The molecule has 0 atom stereocenters. The summed E-state index contributed by atoms with van der Waals surface area (Å²) in [5, 5.41) is 8.15. The van der Waals surface area contributed by atoms with Gasteiger partial charge in [-0.15, -0.1) is 0 Å². The Morgan fingerprint density at radius 1 is 1.05 bits per heavy atom. The van der Waals surface area contributed by atoms with Crippen LogP contribution in [-0.2, 0) is 4.74 Å². The summed E-state index contributed by atoms with van der Waals surface area (Å²) in [5.74, 6) is 0.872. The van der Waals surface area contributed by atoms with Gasteiger partial charge in [-0.2, -0.15) is 5.10 Å². The molecule has 4 rings (SSSR count). The lowest BCUT2D eigenvalue weighted by Gasteiger charge is -2.34. The zero-order chi connectivity index (χ0) is 28.3. The summed E-state index contributed by atoms with van der Waals surface area (Å²) in [6.45, 7) is 8.45. The van der Waals surface area contributed by atoms with Crippen molar-refractivity contribution in [2.24, 2.45) is 0 Å². The summed E-state index contributed by atoms with van der Waals surface area (Å²) in [4.78, 5) is 28.0. The predicted molar refractivity (Wildman–Crippen MR) is 151 cm³/mol. The lowest BCUT2D eigenvalue weighted by Crippen LogP contribution is -2.41. The highest BCUT2D eigenvalue weighted by Gasteiger charge is 2.32. The molecule has 0 aliphatic carbocycles. The summed E-state index contributed by atoms with van der Waals surface area (Å²) >= 11 is 6.26. The standard InChI is InChI=1S/C29H35ClN4O5/c1-18-15-24(25(38-6)16-23(18)30)32-27(35)22-17-31-34(20-7-9-21(37-5)10-8-20)26(22)19-11-13-33(14-12-19)28(36)39-29(2,3)4/h7-10,15-17,19H,11-14H2,1-6H3,(H,32,35). The van der Waals surface area contributed by atoms with Gasteiger partial charge in [-0.1, -0.05) is 11.6 Å². The molecule has 10 heteroatoms. The minimum Gasteiger partial charge on any atom is -0.497 e. The van der Waals surface area contributed by atoms with E-state index in [4.69, 9.17) is 25.8 Å². The number of methoxy groups -OCH3 is 2. The van der Waals surface area contributed by atoms with Crippen LogP contribution in [-0.4, -0.2) is 59.6 Å². The highest BCUT2D eigenvalue weighted by molar-refractivity contribution is 6.31. The number of anilines is 1. The van der Waals surface area contributed by atoms with Crippen LogP contribution in [0, 0.1) is 6.92 Å². The van der Waals surface area contributed by atoms with Gasteiger partial charge in [-0.3, -0.25) is 4.79 Å². The van der Waals surface area contributed by atoms with Gasteiger partial charge < -0.3 is 24.4 Å². The number of hydrogen-bond acceptors (Lipinski definition) is 6. The second-order valence-electron chi connectivity index (χ2n) is 10.6. The minimum atomic E-state index is -0.562. The molecule has 1 aromatic heterocycles. The quantitative estimate of drug-likeness (QED) is 0.389. The Morgan fingerprint density at radius 2 is 1.72 bits per heavy atom. The molecule has 0 unspecified atom stereocenters. The number of piperidine rings is 1. The van der Waals surface area contributed by atoms with Crippen LogP contribution >= 0.6 is 11.6 Å². The Bertz CT molecular complexity index is 1340. The number of halogens is 1. The van der Waals surface area contributed by atoms with E-state index >= 15 is 0 Å². The normalized spacial score (nSPS) is 14.2. The van der Waals surface area contributed by atoms with Gasteiger partial charge in [0.1, 0.15) is 17.1 Å². The van der Waals surface area contributed by atoms with Gasteiger partial charge in [0.05, 0.1) is 43.0 Å². The molecule has 2 amide bonds. The maximum atomic E-state index is 13.7. The lowest BCUT2D eigenvalue weighted by molar-refractivity contribution is 0.0203. The second-order valence-corrected chi connectivity index (χ2v) is 11.0. The van der Waals surface area contributed by atoms with Crippen molar-refractivity contribution in [3.05, 3.63) is 64.4 Å². The Labute approximate surface area is 234 Å². The monoisotopic (exact) mass is 554 g/mol. The van der Waals surface area contributed by atoms with Crippen LogP contribution in [0.25, 0.3) is 5.69 Å². The van der Waals surface area contributed by atoms with Gasteiger partial charge in [0.25, 0.3) is 5.91 Å². The van der Waals surface area contributed by atoms with E-state index in [0.29, 0.717) is 48.0 Å². The predicted octanol–water partition coefficient (Wildman–Crippen LogP) is 6.22. The first-order valence-electron chi connectivity index (χ1n) is 12.9. The van der Waals surface area contributed by atoms with E-state index in [1.54, 1.807) is 35.0 Å². The van der Waals surface area contributed by atoms with Crippen molar-refractivity contribution in [1.29, 1.82) is 0 Å². The van der Waals surface area contributed by atoms with Crippen LogP contribution in [0.5, 0.6) is 11.5 Å². The van der Waals surface area contributed by atoms with E-state index in [2.05, 4.69) is 10.4 Å². The summed E-state index contributed by atoms with van der Waals surface area (Å²) in [6.07, 6.45) is 2.58. The molecule has 0 spiro atoms. The average molecular weight is 555 g/mol. The number of carbonyl (C=O) groups is 2. The Balaban J connectivity index is 1.65. The van der Waals surface area contributed by atoms with Crippen molar-refractivity contribution in [3.8, 4) is 17.2 Å². The molecule has 1 fully saturated rings. The molecule has 2 heterocycles. The number of likely N-dealkylation sites (tertiary alicyclic amines) is 1. The Kier molecular flexibility index (Phi) is 8.39. The molecule has 0 radical (unpaired) electrons. The minimum absolute atomic E-state index is 0.0112. The third kappa shape index (κ3) is 6.47. The number of amides is 2. The van der Waals surface area contributed by atoms with Crippen molar-refractivity contribution in [3.63, 3.8) is 0 Å². The number of nitrogens with one attached hydrogen (secondary N) is 1. The van der Waals surface area contributed by atoms with E-state index in [1.807, 2.05) is 52.0 Å². The number of ether oxygens (including phenoxy) is 3. The van der Waals surface area contributed by atoms with Crippen LogP contribution in [0.3, 0.4) is 0 Å². The maximum absolute atomic E-state index is 13.7. The number of aryl methyl sites for hydroxylation is 1. The van der Waals surface area contributed by atoms with Gasteiger partial charge in [0, 0.05) is 30.1 Å². The summed E-state index contributed by atoms with van der Waals surface area (Å²) < 4.78 is 18.1. The molecule has 1 aliphatic heterocycles. The number of aromatic nitrogens is 2. The summed E-state index contributed by atoms with van der Waals surface area (Å²) in [5.41, 5.74) is 2.82. The van der Waals surface area contributed by atoms with E-state index < -0.39 is 5.60 Å². The fraction of sp³-hybridized carbons (Fsp3) is 0.414. The molecule has 208 valence electrons. The molecule has 2 aromatic carbocycles. The van der Waals surface area contributed by atoms with Crippen LogP contribution in [0.1, 0.15) is 61.1 Å². The third-order valence-electron chi connectivity index (χ3n) is 6.63. The summed E-state index contributed by atoms with van der Waals surface area (Å²) in [7, 11) is 3.14. The lowest BCUT2D eigenvalue weighted by atomic mass is 9.90. The van der Waals surface area contributed by atoms with Crippen LogP contribution in [0.4, 0.5) is 10.5 Å². The zero-order valence-electron chi connectivity index (χ0n) is 23.2. The third-order valence-corrected chi connectivity index (χ3v) is 7.04. The number of nitrogens with zero attached hydrogens (tertiary/aromatic N) is 3. The molecular weight excluding hydrogens is 520 g/mol. The molecule has 0 saturated carbocycles. The highest BCUT2D eigenvalue weighted by Crippen LogP contribution is 2.35. The molecular formula is C29H35ClN4O5. The molecule has 39 heavy (non-hydrogen) atoms. The fourth-order valence-corrected chi connectivity index (χ4v) is 4.79. The molecule has 3 aromatic rings. The first kappa shape index (κ1) is 28.3. The van der Waals surface area contributed by atoms with E-state index in [0.717, 1.165) is 22.7 Å². The van der Waals surface area contributed by atoms with Crippen molar-refractivity contribution in [1.82, 2.24) is 14.7 Å². The highest BCUT2D eigenvalue weighted by atomic mass is 35.5. The molecule has 0 bridgehead atoms. The molecule has 1 N–H and O–H groups in total. The number of hydrogen-bond donors (Lipinski definition) is 1. The Hall–Kier alpha value is -3.72. The van der Waals surface area contributed by atoms with Crippen molar-refractivity contribution in [2.45, 2.75) is 52.1 Å². The fourth-order valence-electron chi connectivity index (χ4n) is 4.64. The van der Waals surface area contributed by atoms with Gasteiger partial charge in [0.15, 0.2) is 0 Å². The first-order valence-corrected chi connectivity index (χ1v) is 13.2. The number of rotatable bonds is 6. The van der Waals surface area contributed by atoms with E-state index in [-0.39, 0.29) is 17.9 Å². The maximum Gasteiger partial charge on any atom is 0.410 e. The SMILES string of the molecule is COc1ccc(-n2ncc(C(=O)Nc3cc(C)c(Cl)cc3OC)c2C2CCN(C(=O)OC(C)(C)C)CC2)cc1. The van der Waals surface area contributed by atoms with E-state index in [1.165, 1.54) is 7.11 Å². The number of benzene rings is 2. The van der Waals surface area contributed by atoms with Crippen LogP contribution in [0.15, 0.2) is 42.6 Å². The van der Waals surface area contributed by atoms with Gasteiger partial charge in [-0.25, -0.2) is 9.48 Å². The second kappa shape index (κ2) is 11.6. The van der Waals surface area contributed by atoms with Gasteiger partial charge in [0.2, 0.25) is 0 Å². The molecule has 1 saturated heterocycles. The summed E-state index contributed by atoms with van der Waals surface area (Å²) in [6, 6.07) is 11.0. The number of carbonyl (C=O) groups excluding carboxylic acids is 2. The largest absolute Gasteiger partial charge is 0.497 e. The first-order chi connectivity index (χ1) is 18.5. The smallest absolute Gasteiger partial charge is 0.410 e. The van der Waals surface area contributed by atoms with Crippen LogP contribution < -0.4 is 14.8 Å².